The highest BCUT2D eigenvalue weighted by atomic mass is 16.5. The van der Waals surface area contributed by atoms with E-state index in [1.54, 1.807) is 13.2 Å². The van der Waals surface area contributed by atoms with Gasteiger partial charge >= 0.3 is 6.03 Å². The average Bonchev–Trinajstić information content (AvgIpc) is 2.78. The first-order chi connectivity index (χ1) is 7.72. The number of carbonyl (C=O) groups is 1. The van der Waals surface area contributed by atoms with E-state index in [0.29, 0.717) is 5.69 Å². The summed E-state index contributed by atoms with van der Waals surface area (Å²) >= 11 is 0. The lowest BCUT2D eigenvalue weighted by Crippen LogP contribution is -2.21. The third-order valence-corrected chi connectivity index (χ3v) is 2.24. The fraction of sp³-hybridized carbons (Fsp3) is 0.0909. The number of methoxy groups -OCH3 is 1. The Hall–Kier alpha value is -2.30. The Kier molecular flexibility index (Phi) is 2.59. The molecule has 1 amide bonds. The molecule has 2 aromatic rings. The van der Waals surface area contributed by atoms with Crippen LogP contribution in [0.3, 0.4) is 0 Å². The van der Waals surface area contributed by atoms with Crippen LogP contribution in [0, 0.1) is 0 Å². The van der Waals surface area contributed by atoms with Crippen LogP contribution in [0.1, 0.15) is 0 Å². The molecular weight excluding hydrogens is 206 g/mol. The smallest absolute Gasteiger partial charge is 0.340 e. The summed E-state index contributed by atoms with van der Waals surface area (Å²) in [4.78, 5) is 11.1. The zero-order valence-corrected chi connectivity index (χ0v) is 8.75. The first-order valence-electron chi connectivity index (χ1n) is 4.70. The first kappa shape index (κ1) is 10.2. The van der Waals surface area contributed by atoms with Crippen LogP contribution in [0.2, 0.25) is 0 Å². The summed E-state index contributed by atoms with van der Waals surface area (Å²) in [5, 5.41) is 3.85. The van der Waals surface area contributed by atoms with Crippen LogP contribution in [-0.4, -0.2) is 22.9 Å². The largest absolute Gasteiger partial charge is 0.497 e. The van der Waals surface area contributed by atoms with Crippen molar-refractivity contribution in [1.82, 2.24) is 9.78 Å². The van der Waals surface area contributed by atoms with Crippen LogP contribution in [0.15, 0.2) is 36.5 Å². The molecule has 0 aliphatic rings. The summed E-state index contributed by atoms with van der Waals surface area (Å²) < 4.78 is 6.20. The van der Waals surface area contributed by atoms with Crippen LogP contribution in [0.5, 0.6) is 5.75 Å². The van der Waals surface area contributed by atoms with Crippen molar-refractivity contribution < 1.29 is 9.53 Å². The minimum atomic E-state index is -0.601. The molecule has 82 valence electrons. The van der Waals surface area contributed by atoms with Crippen molar-refractivity contribution in [1.29, 1.82) is 0 Å². The Labute approximate surface area is 92.4 Å². The molecule has 1 aromatic carbocycles. The average molecular weight is 217 g/mol. The molecule has 1 aromatic heterocycles. The molecule has 0 saturated carbocycles. The summed E-state index contributed by atoms with van der Waals surface area (Å²) in [6.45, 7) is 0. The molecule has 0 aliphatic heterocycles. The van der Waals surface area contributed by atoms with E-state index >= 15 is 0 Å². The fourth-order valence-electron chi connectivity index (χ4n) is 1.46. The van der Waals surface area contributed by atoms with Gasteiger partial charge in [0.15, 0.2) is 0 Å². The predicted molar refractivity (Wildman–Crippen MR) is 59.2 cm³/mol. The fourth-order valence-corrected chi connectivity index (χ4v) is 1.46. The number of aromatic nitrogens is 2. The molecule has 0 radical (unpaired) electrons. The van der Waals surface area contributed by atoms with E-state index in [1.165, 1.54) is 6.20 Å². The second-order valence-corrected chi connectivity index (χ2v) is 3.19. The minimum absolute atomic E-state index is 0.601. The van der Waals surface area contributed by atoms with Gasteiger partial charge in [0, 0.05) is 5.56 Å². The highest BCUT2D eigenvalue weighted by molar-refractivity contribution is 5.79. The van der Waals surface area contributed by atoms with E-state index in [-0.39, 0.29) is 0 Å². The SMILES string of the molecule is COc1ccc(-c2ccnn2C(N)=O)cc1. The topological polar surface area (TPSA) is 70.1 Å². The van der Waals surface area contributed by atoms with Gasteiger partial charge in [-0.25, -0.2) is 4.79 Å². The quantitative estimate of drug-likeness (QED) is 0.828. The van der Waals surface area contributed by atoms with Gasteiger partial charge in [-0.3, -0.25) is 0 Å². The molecule has 0 spiro atoms. The van der Waals surface area contributed by atoms with E-state index < -0.39 is 6.03 Å². The van der Waals surface area contributed by atoms with Crippen molar-refractivity contribution in [2.45, 2.75) is 0 Å². The third-order valence-electron chi connectivity index (χ3n) is 2.24. The molecule has 0 saturated heterocycles. The van der Waals surface area contributed by atoms with Gasteiger partial charge in [-0.2, -0.15) is 9.78 Å². The van der Waals surface area contributed by atoms with Crippen molar-refractivity contribution in [3.63, 3.8) is 0 Å². The lowest BCUT2D eigenvalue weighted by atomic mass is 10.1. The van der Waals surface area contributed by atoms with E-state index in [1.807, 2.05) is 24.3 Å². The van der Waals surface area contributed by atoms with Gasteiger partial charge in [0.1, 0.15) is 5.75 Å². The summed E-state index contributed by atoms with van der Waals surface area (Å²) in [7, 11) is 1.60. The molecular formula is C11H11N3O2. The van der Waals surface area contributed by atoms with Crippen LogP contribution >= 0.6 is 0 Å². The summed E-state index contributed by atoms with van der Waals surface area (Å²) in [6, 6.07) is 8.44. The highest BCUT2D eigenvalue weighted by Crippen LogP contribution is 2.21. The molecule has 0 aliphatic carbocycles. The van der Waals surface area contributed by atoms with Gasteiger partial charge in [-0.1, -0.05) is 0 Å². The van der Waals surface area contributed by atoms with Gasteiger partial charge < -0.3 is 10.5 Å². The second-order valence-electron chi connectivity index (χ2n) is 3.19. The highest BCUT2D eigenvalue weighted by Gasteiger charge is 2.08. The van der Waals surface area contributed by atoms with E-state index in [2.05, 4.69) is 5.10 Å². The molecule has 5 heteroatoms. The maximum atomic E-state index is 11.1. The van der Waals surface area contributed by atoms with Crippen molar-refractivity contribution >= 4 is 6.03 Å². The van der Waals surface area contributed by atoms with Gasteiger partial charge in [0.05, 0.1) is 19.0 Å². The normalized spacial score (nSPS) is 10.1. The zero-order chi connectivity index (χ0) is 11.5. The number of hydrogen-bond donors (Lipinski definition) is 1. The number of ether oxygens (including phenoxy) is 1. The van der Waals surface area contributed by atoms with Gasteiger partial charge in [-0.05, 0) is 30.3 Å². The maximum absolute atomic E-state index is 11.1. The number of nitrogens with two attached hydrogens (primary N) is 1. The number of benzene rings is 1. The number of nitrogens with zero attached hydrogens (tertiary/aromatic N) is 2. The van der Waals surface area contributed by atoms with E-state index in [0.717, 1.165) is 16.0 Å². The number of primary amides is 1. The van der Waals surface area contributed by atoms with Crippen molar-refractivity contribution in [3.8, 4) is 17.0 Å². The molecule has 0 unspecified atom stereocenters. The van der Waals surface area contributed by atoms with E-state index in [9.17, 15) is 4.79 Å². The van der Waals surface area contributed by atoms with Crippen molar-refractivity contribution in [2.24, 2.45) is 5.73 Å². The molecule has 1 heterocycles. The predicted octanol–water partition coefficient (Wildman–Crippen LogP) is 1.49. The lowest BCUT2D eigenvalue weighted by molar-refractivity contribution is 0.248. The first-order valence-corrected chi connectivity index (χ1v) is 4.70. The van der Waals surface area contributed by atoms with Gasteiger partial charge in [-0.15, -0.1) is 0 Å². The monoisotopic (exact) mass is 217 g/mol. The second kappa shape index (κ2) is 4.06. The van der Waals surface area contributed by atoms with Gasteiger partial charge in [0.2, 0.25) is 0 Å². The molecule has 5 nitrogen and oxygen atoms in total. The molecule has 2 N–H and O–H groups in total. The van der Waals surface area contributed by atoms with Crippen molar-refractivity contribution in [2.75, 3.05) is 7.11 Å². The Balaban J connectivity index is 2.42. The molecule has 16 heavy (non-hydrogen) atoms. The summed E-state index contributed by atoms with van der Waals surface area (Å²) in [5.74, 6) is 0.758. The molecule has 0 bridgehead atoms. The third kappa shape index (κ3) is 1.75. The van der Waals surface area contributed by atoms with E-state index in [4.69, 9.17) is 10.5 Å². The Bertz CT molecular complexity index is 502. The lowest BCUT2D eigenvalue weighted by Gasteiger charge is -2.04. The minimum Gasteiger partial charge on any atom is -0.497 e. The summed E-state index contributed by atoms with van der Waals surface area (Å²) in [5.41, 5.74) is 6.71. The Morgan fingerprint density at radius 3 is 2.56 bits per heavy atom. The van der Waals surface area contributed by atoms with Crippen LogP contribution in [0.4, 0.5) is 4.79 Å². The molecule has 2 rings (SSSR count). The van der Waals surface area contributed by atoms with Crippen LogP contribution < -0.4 is 10.5 Å². The number of hydrogen-bond acceptors (Lipinski definition) is 3. The Morgan fingerprint density at radius 2 is 2.00 bits per heavy atom. The molecule has 0 atom stereocenters. The molecule has 0 fully saturated rings. The van der Waals surface area contributed by atoms with Crippen LogP contribution in [-0.2, 0) is 0 Å². The number of rotatable bonds is 2. The number of carbonyl (C=O) groups excluding carboxylic acids is 1. The van der Waals surface area contributed by atoms with Crippen molar-refractivity contribution in [3.05, 3.63) is 36.5 Å². The van der Waals surface area contributed by atoms with Crippen LogP contribution in [0.25, 0.3) is 11.3 Å². The Morgan fingerprint density at radius 1 is 1.31 bits per heavy atom. The maximum Gasteiger partial charge on any atom is 0.340 e. The standard InChI is InChI=1S/C11H11N3O2/c1-16-9-4-2-8(3-5-9)10-6-7-13-14(10)11(12)15/h2-7H,1H3,(H2,12,15). The zero-order valence-electron chi connectivity index (χ0n) is 8.75. The number of amides is 1. The summed E-state index contributed by atoms with van der Waals surface area (Å²) in [6.07, 6.45) is 1.53. The van der Waals surface area contributed by atoms with Gasteiger partial charge in [0.25, 0.3) is 0 Å².